The van der Waals surface area contributed by atoms with Crippen LogP contribution in [0.25, 0.3) is 21.7 Å². The number of esters is 1. The highest BCUT2D eigenvalue weighted by molar-refractivity contribution is 6.09. The number of carbonyl (C=O) groups excluding carboxylic acids is 1. The van der Waals surface area contributed by atoms with Crippen molar-refractivity contribution in [3.8, 4) is 5.75 Å². The minimum atomic E-state index is -0.401. The van der Waals surface area contributed by atoms with Crippen LogP contribution in [0.1, 0.15) is 6.92 Å². The molecule has 0 unspecified atom stereocenters. The second-order valence-electron chi connectivity index (χ2n) is 4.65. The van der Waals surface area contributed by atoms with Crippen LogP contribution in [-0.2, 0) is 11.8 Å². The summed E-state index contributed by atoms with van der Waals surface area (Å²) in [4.78, 5) is 23.6. The van der Waals surface area contributed by atoms with Gasteiger partial charge >= 0.3 is 5.97 Å². The van der Waals surface area contributed by atoms with Crippen LogP contribution in [0.5, 0.6) is 5.75 Å². The van der Waals surface area contributed by atoms with E-state index in [0.717, 1.165) is 10.9 Å². The number of ether oxygens (including phenoxy) is 1. The number of para-hydroxylation sites is 1. The maximum Gasteiger partial charge on any atom is 0.308 e. The Morgan fingerprint density at radius 1 is 1.05 bits per heavy atom. The van der Waals surface area contributed by atoms with Gasteiger partial charge < -0.3 is 9.30 Å². The van der Waals surface area contributed by atoms with E-state index in [-0.39, 0.29) is 5.56 Å². The van der Waals surface area contributed by atoms with Crippen LogP contribution in [0.4, 0.5) is 0 Å². The van der Waals surface area contributed by atoms with Gasteiger partial charge in [-0.25, -0.2) is 0 Å². The molecule has 0 fully saturated rings. The van der Waals surface area contributed by atoms with E-state index in [0.29, 0.717) is 16.5 Å². The molecule has 1 aromatic heterocycles. The number of rotatable bonds is 1. The fourth-order valence-electron chi connectivity index (χ4n) is 2.49. The molecule has 0 radical (unpaired) electrons. The molecule has 20 heavy (non-hydrogen) atoms. The van der Waals surface area contributed by atoms with Crippen LogP contribution in [-0.4, -0.2) is 10.5 Å². The number of hydrogen-bond donors (Lipinski definition) is 0. The Morgan fingerprint density at radius 2 is 1.75 bits per heavy atom. The van der Waals surface area contributed by atoms with Crippen molar-refractivity contribution < 1.29 is 9.53 Å². The second kappa shape index (κ2) is 4.49. The van der Waals surface area contributed by atoms with E-state index in [9.17, 15) is 9.59 Å². The van der Waals surface area contributed by atoms with Gasteiger partial charge in [0.2, 0.25) is 0 Å². The second-order valence-corrected chi connectivity index (χ2v) is 4.65. The van der Waals surface area contributed by atoms with Crippen molar-refractivity contribution >= 4 is 27.6 Å². The molecular weight excluding hydrogens is 254 g/mol. The number of fused-ring (bicyclic) bond motifs is 3. The zero-order valence-electron chi connectivity index (χ0n) is 11.2. The SMILES string of the molecule is CC(=O)Oc1cccc2c(=O)n(C)c3ccccc3c12. The Labute approximate surface area is 115 Å². The number of nitrogens with zero attached hydrogens (tertiary/aromatic N) is 1. The molecule has 100 valence electrons. The molecule has 0 amide bonds. The number of aromatic nitrogens is 1. The van der Waals surface area contributed by atoms with Gasteiger partial charge in [-0.05, 0) is 18.2 Å². The van der Waals surface area contributed by atoms with Gasteiger partial charge in [0, 0.05) is 24.7 Å². The van der Waals surface area contributed by atoms with E-state index < -0.39 is 5.97 Å². The average Bonchev–Trinajstić information content (AvgIpc) is 2.44. The summed E-state index contributed by atoms with van der Waals surface area (Å²) in [6.45, 7) is 1.35. The standard InChI is InChI=1S/C16H13NO3/c1-10(18)20-14-9-5-7-12-15(14)11-6-3-4-8-13(11)17(2)16(12)19/h3-9H,1-2H3. The molecule has 0 aliphatic heterocycles. The summed E-state index contributed by atoms with van der Waals surface area (Å²) < 4.78 is 6.85. The third-order valence-corrected chi connectivity index (χ3v) is 3.35. The first-order chi connectivity index (χ1) is 9.59. The molecule has 0 spiro atoms. The quantitative estimate of drug-likeness (QED) is 0.387. The highest BCUT2D eigenvalue weighted by Gasteiger charge is 2.13. The lowest BCUT2D eigenvalue weighted by Crippen LogP contribution is -2.17. The molecule has 0 atom stereocenters. The average molecular weight is 267 g/mol. The van der Waals surface area contributed by atoms with Gasteiger partial charge in [-0.1, -0.05) is 24.3 Å². The smallest absolute Gasteiger partial charge is 0.308 e. The van der Waals surface area contributed by atoms with E-state index >= 15 is 0 Å². The van der Waals surface area contributed by atoms with Gasteiger partial charge in [0.15, 0.2) is 0 Å². The van der Waals surface area contributed by atoms with E-state index in [2.05, 4.69) is 0 Å². The minimum Gasteiger partial charge on any atom is -0.426 e. The molecule has 1 heterocycles. The van der Waals surface area contributed by atoms with Gasteiger partial charge in [0.25, 0.3) is 5.56 Å². The van der Waals surface area contributed by atoms with Crippen molar-refractivity contribution in [2.24, 2.45) is 7.05 Å². The molecule has 0 aliphatic carbocycles. The van der Waals surface area contributed by atoms with Crippen molar-refractivity contribution in [1.82, 2.24) is 4.57 Å². The Bertz CT molecular complexity index is 893. The summed E-state index contributed by atoms with van der Waals surface area (Å²) >= 11 is 0. The van der Waals surface area contributed by atoms with Crippen LogP contribution >= 0.6 is 0 Å². The lowest BCUT2D eigenvalue weighted by molar-refractivity contribution is -0.131. The summed E-state index contributed by atoms with van der Waals surface area (Å²) in [6.07, 6.45) is 0. The molecular formula is C16H13NO3. The Morgan fingerprint density at radius 3 is 2.50 bits per heavy atom. The van der Waals surface area contributed by atoms with Crippen molar-refractivity contribution in [1.29, 1.82) is 0 Å². The lowest BCUT2D eigenvalue weighted by atomic mass is 10.1. The Kier molecular flexibility index (Phi) is 2.79. The normalized spacial score (nSPS) is 10.9. The first kappa shape index (κ1) is 12.4. The highest BCUT2D eigenvalue weighted by Crippen LogP contribution is 2.30. The fraction of sp³-hybridized carbons (Fsp3) is 0.125. The third kappa shape index (κ3) is 1.77. The van der Waals surface area contributed by atoms with Crippen molar-refractivity contribution in [2.75, 3.05) is 0 Å². The summed E-state index contributed by atoms with van der Waals surface area (Å²) in [5.74, 6) is 0.0196. The zero-order valence-corrected chi connectivity index (χ0v) is 11.2. The number of aryl methyl sites for hydroxylation is 1. The van der Waals surface area contributed by atoms with Gasteiger partial charge in [0.1, 0.15) is 5.75 Å². The Hall–Kier alpha value is -2.62. The van der Waals surface area contributed by atoms with E-state index in [1.54, 1.807) is 29.8 Å². The summed E-state index contributed by atoms with van der Waals surface area (Å²) in [7, 11) is 1.74. The predicted octanol–water partition coefficient (Wildman–Crippen LogP) is 2.62. The maximum atomic E-state index is 12.4. The maximum absolute atomic E-state index is 12.4. The molecule has 0 saturated carbocycles. The zero-order chi connectivity index (χ0) is 14.3. The molecule has 3 rings (SSSR count). The minimum absolute atomic E-state index is 0.104. The van der Waals surface area contributed by atoms with Gasteiger partial charge in [-0.3, -0.25) is 9.59 Å². The van der Waals surface area contributed by atoms with Gasteiger partial charge in [-0.2, -0.15) is 0 Å². The summed E-state index contributed by atoms with van der Waals surface area (Å²) in [6, 6.07) is 12.7. The first-order valence-corrected chi connectivity index (χ1v) is 6.28. The predicted molar refractivity (Wildman–Crippen MR) is 78.0 cm³/mol. The van der Waals surface area contributed by atoms with Crippen LogP contribution in [0.15, 0.2) is 47.3 Å². The largest absolute Gasteiger partial charge is 0.426 e. The lowest BCUT2D eigenvalue weighted by Gasteiger charge is -2.11. The third-order valence-electron chi connectivity index (χ3n) is 3.35. The molecule has 3 aromatic rings. The Balaban J connectivity index is 2.57. The van der Waals surface area contributed by atoms with Crippen molar-refractivity contribution in [3.63, 3.8) is 0 Å². The van der Waals surface area contributed by atoms with E-state index in [1.807, 2.05) is 24.3 Å². The molecule has 0 bridgehead atoms. The monoisotopic (exact) mass is 267 g/mol. The number of benzene rings is 2. The van der Waals surface area contributed by atoms with E-state index in [4.69, 9.17) is 4.74 Å². The van der Waals surface area contributed by atoms with Gasteiger partial charge in [-0.15, -0.1) is 0 Å². The topological polar surface area (TPSA) is 48.3 Å². The summed E-state index contributed by atoms with van der Waals surface area (Å²) in [5.41, 5.74) is 0.706. The fourth-order valence-corrected chi connectivity index (χ4v) is 2.49. The number of carbonyl (C=O) groups is 1. The number of hydrogen-bond acceptors (Lipinski definition) is 3. The molecule has 0 aliphatic rings. The summed E-state index contributed by atoms with van der Waals surface area (Å²) in [5, 5.41) is 2.12. The molecule has 0 saturated heterocycles. The van der Waals surface area contributed by atoms with Crippen LogP contribution in [0, 0.1) is 0 Å². The molecule has 4 heteroatoms. The van der Waals surface area contributed by atoms with Crippen LogP contribution < -0.4 is 10.3 Å². The van der Waals surface area contributed by atoms with Crippen LogP contribution in [0.2, 0.25) is 0 Å². The highest BCUT2D eigenvalue weighted by atomic mass is 16.5. The molecule has 4 nitrogen and oxygen atoms in total. The van der Waals surface area contributed by atoms with Gasteiger partial charge in [0.05, 0.1) is 10.9 Å². The first-order valence-electron chi connectivity index (χ1n) is 6.28. The van der Waals surface area contributed by atoms with Crippen molar-refractivity contribution in [3.05, 3.63) is 52.8 Å². The number of pyridine rings is 1. The molecule has 2 aromatic carbocycles. The van der Waals surface area contributed by atoms with E-state index in [1.165, 1.54) is 6.92 Å². The molecule has 0 N–H and O–H groups in total. The van der Waals surface area contributed by atoms with Crippen molar-refractivity contribution in [2.45, 2.75) is 6.92 Å². The van der Waals surface area contributed by atoms with Crippen LogP contribution in [0.3, 0.4) is 0 Å².